The van der Waals surface area contributed by atoms with E-state index in [1.165, 1.54) is 12.5 Å². The molecular weight excluding hydrogens is 378 g/mol. The zero-order chi connectivity index (χ0) is 22.0. The highest BCUT2D eigenvalue weighted by Crippen LogP contribution is 2.27. The maximum Gasteiger partial charge on any atom is 0.349 e. The van der Waals surface area contributed by atoms with Crippen molar-refractivity contribution in [2.24, 2.45) is 5.10 Å². The fourth-order valence-electron chi connectivity index (χ4n) is 3.62. The van der Waals surface area contributed by atoms with Crippen molar-refractivity contribution in [2.45, 2.75) is 47.0 Å². The molecule has 0 fully saturated rings. The molecule has 3 amide bonds. The molecule has 0 unspecified atom stereocenters. The number of pyridine rings is 1. The lowest BCUT2D eigenvalue weighted by Gasteiger charge is -2.19. The molecule has 7 heteroatoms. The van der Waals surface area contributed by atoms with Gasteiger partial charge in [-0.1, -0.05) is 13.8 Å². The first-order valence-corrected chi connectivity index (χ1v) is 9.86. The van der Waals surface area contributed by atoms with E-state index in [1.54, 1.807) is 0 Å². The molecule has 0 aliphatic carbocycles. The summed E-state index contributed by atoms with van der Waals surface area (Å²) in [4.78, 5) is 31.6. The number of fused-ring (bicyclic) bond motifs is 1. The average molecular weight is 406 g/mol. The van der Waals surface area contributed by atoms with Gasteiger partial charge in [-0.3, -0.25) is 15.1 Å². The Kier molecular flexibility index (Phi) is 6.01. The van der Waals surface area contributed by atoms with E-state index in [-0.39, 0.29) is 0 Å². The molecule has 156 valence electrons. The molecule has 2 heterocycles. The smallest absolute Gasteiger partial charge is 0.349 e. The number of hydrazone groups is 1. The van der Waals surface area contributed by atoms with E-state index < -0.39 is 11.9 Å². The molecule has 3 aromatic rings. The molecule has 30 heavy (non-hydrogen) atoms. The number of amides is 3. The van der Waals surface area contributed by atoms with E-state index in [0.29, 0.717) is 18.0 Å². The van der Waals surface area contributed by atoms with Crippen LogP contribution in [0.4, 0.5) is 10.5 Å². The van der Waals surface area contributed by atoms with Crippen molar-refractivity contribution in [3.63, 3.8) is 0 Å². The van der Waals surface area contributed by atoms with Crippen LogP contribution in [0.5, 0.6) is 0 Å². The van der Waals surface area contributed by atoms with Crippen molar-refractivity contribution >= 4 is 35.4 Å². The van der Waals surface area contributed by atoms with Gasteiger partial charge in [0.1, 0.15) is 0 Å². The number of hydrogen-bond acceptors (Lipinski definition) is 4. The van der Waals surface area contributed by atoms with Gasteiger partial charge in [0.15, 0.2) is 0 Å². The minimum absolute atomic E-state index is 0.391. The van der Waals surface area contributed by atoms with Crippen LogP contribution in [0.2, 0.25) is 0 Å². The summed E-state index contributed by atoms with van der Waals surface area (Å²) < 4.78 is 0. The van der Waals surface area contributed by atoms with Crippen molar-refractivity contribution in [2.75, 3.05) is 5.01 Å². The van der Waals surface area contributed by atoms with Gasteiger partial charge in [-0.05, 0) is 66.3 Å². The number of carbonyl (C=O) groups excluding carboxylic acids is 2. The minimum atomic E-state index is -0.634. The molecule has 0 bridgehead atoms. The quantitative estimate of drug-likeness (QED) is 0.481. The van der Waals surface area contributed by atoms with Gasteiger partial charge in [-0.25, -0.2) is 4.79 Å². The lowest BCUT2D eigenvalue weighted by molar-refractivity contribution is -0.117. The Bertz CT molecular complexity index is 1110. The summed E-state index contributed by atoms with van der Waals surface area (Å²) in [6, 6.07) is 7.20. The van der Waals surface area contributed by atoms with Gasteiger partial charge in [-0.15, -0.1) is 0 Å². The molecule has 2 aromatic heterocycles. The Morgan fingerprint density at radius 2 is 1.90 bits per heavy atom. The molecule has 2 N–H and O–H groups in total. The van der Waals surface area contributed by atoms with Crippen LogP contribution in [-0.2, 0) is 11.2 Å². The molecule has 0 radical (unpaired) electrons. The average Bonchev–Trinajstić information content (AvgIpc) is 3.08. The number of aromatic amines is 1. The number of aryl methyl sites for hydroxylation is 2. The van der Waals surface area contributed by atoms with Gasteiger partial charge in [0.05, 0.1) is 16.7 Å². The molecule has 0 aliphatic heterocycles. The summed E-state index contributed by atoms with van der Waals surface area (Å²) in [7, 11) is 0. The Balaban J connectivity index is 1.93. The number of rotatable bonds is 5. The van der Waals surface area contributed by atoms with Crippen LogP contribution in [-0.4, -0.2) is 28.6 Å². The second-order valence-corrected chi connectivity index (χ2v) is 7.77. The van der Waals surface area contributed by atoms with Crippen LogP contribution in [0.3, 0.4) is 0 Å². The first kappa shape index (κ1) is 21.2. The summed E-state index contributed by atoms with van der Waals surface area (Å²) >= 11 is 0. The Morgan fingerprint density at radius 3 is 2.47 bits per heavy atom. The summed E-state index contributed by atoms with van der Waals surface area (Å²) in [5, 5.41) is 7.07. The number of benzene rings is 1. The Labute approximate surface area is 176 Å². The molecule has 0 saturated heterocycles. The topological polar surface area (TPSA) is 90.5 Å². The largest absolute Gasteiger partial charge is 0.360 e. The van der Waals surface area contributed by atoms with Crippen LogP contribution in [0.25, 0.3) is 11.0 Å². The predicted molar refractivity (Wildman–Crippen MR) is 120 cm³/mol. The fraction of sp³-hybridized carbons (Fsp3) is 0.304. The summed E-state index contributed by atoms with van der Waals surface area (Å²) in [6.45, 7) is 13.0. The molecule has 0 aliphatic rings. The van der Waals surface area contributed by atoms with Crippen molar-refractivity contribution in [1.29, 1.82) is 0 Å². The second-order valence-electron chi connectivity index (χ2n) is 7.77. The standard InChI is InChI=1S/C23H27N5O2/c1-13(2)20-12-25-21-8-7-17(27-22(20)21)11-19-14(3)9-18(10-15(19)4)28(24-6)23(30)26-16(5)29/h7-10,12-13,25H,6,11H2,1-5H3,(H,26,29,30). The fourth-order valence-corrected chi connectivity index (χ4v) is 3.62. The van der Waals surface area contributed by atoms with Crippen LogP contribution < -0.4 is 10.3 Å². The maximum absolute atomic E-state index is 12.2. The van der Waals surface area contributed by atoms with Gasteiger partial charge in [-0.2, -0.15) is 10.1 Å². The summed E-state index contributed by atoms with van der Waals surface area (Å²) in [5.74, 6) is -0.0616. The van der Waals surface area contributed by atoms with Gasteiger partial charge in [0.25, 0.3) is 0 Å². The first-order valence-electron chi connectivity index (χ1n) is 9.86. The lowest BCUT2D eigenvalue weighted by Crippen LogP contribution is -2.39. The monoisotopic (exact) mass is 405 g/mol. The number of urea groups is 1. The third kappa shape index (κ3) is 4.25. The zero-order valence-corrected chi connectivity index (χ0v) is 18.0. The van der Waals surface area contributed by atoms with Gasteiger partial charge in [0, 0.05) is 32.0 Å². The van der Waals surface area contributed by atoms with E-state index in [0.717, 1.165) is 38.4 Å². The number of carbonyl (C=O) groups is 2. The number of nitrogens with zero attached hydrogens (tertiary/aromatic N) is 3. The van der Waals surface area contributed by atoms with E-state index in [2.05, 4.69) is 42.0 Å². The molecule has 7 nitrogen and oxygen atoms in total. The predicted octanol–water partition coefficient (Wildman–Crippen LogP) is 4.57. The number of imide groups is 1. The highest BCUT2D eigenvalue weighted by atomic mass is 16.2. The number of aromatic nitrogens is 2. The van der Waals surface area contributed by atoms with Crippen molar-refractivity contribution in [3.05, 3.63) is 58.4 Å². The van der Waals surface area contributed by atoms with Gasteiger partial charge >= 0.3 is 6.03 Å². The Hall–Kier alpha value is -3.48. The molecule has 1 aromatic carbocycles. The Morgan fingerprint density at radius 1 is 1.23 bits per heavy atom. The van der Waals surface area contributed by atoms with Gasteiger partial charge < -0.3 is 4.98 Å². The van der Waals surface area contributed by atoms with E-state index in [9.17, 15) is 9.59 Å². The van der Waals surface area contributed by atoms with Crippen LogP contribution in [0.1, 0.15) is 54.6 Å². The summed E-state index contributed by atoms with van der Waals surface area (Å²) in [6.07, 6.45) is 2.71. The SMILES string of the molecule is C=NN(C(=O)NC(C)=O)c1cc(C)c(Cc2ccc3[nH]cc(C(C)C)c3n2)c(C)c1. The zero-order valence-electron chi connectivity index (χ0n) is 18.0. The number of hydrogen-bond donors (Lipinski definition) is 2. The molecule has 3 rings (SSSR count). The second kappa shape index (κ2) is 8.49. The number of anilines is 1. The van der Waals surface area contributed by atoms with E-state index >= 15 is 0 Å². The van der Waals surface area contributed by atoms with E-state index in [1.807, 2.05) is 38.2 Å². The van der Waals surface area contributed by atoms with Crippen molar-refractivity contribution in [3.8, 4) is 0 Å². The first-order chi connectivity index (χ1) is 14.2. The molecule has 0 spiro atoms. The number of nitrogens with one attached hydrogen (secondary N) is 2. The van der Waals surface area contributed by atoms with Crippen LogP contribution in [0.15, 0.2) is 35.6 Å². The normalized spacial score (nSPS) is 11.0. The highest BCUT2D eigenvalue weighted by molar-refractivity contribution is 6.01. The van der Waals surface area contributed by atoms with Gasteiger partial charge in [0.2, 0.25) is 5.91 Å². The van der Waals surface area contributed by atoms with Crippen molar-refractivity contribution < 1.29 is 9.59 Å². The third-order valence-corrected chi connectivity index (χ3v) is 5.13. The van der Waals surface area contributed by atoms with Crippen LogP contribution >= 0.6 is 0 Å². The molecule has 0 saturated carbocycles. The van der Waals surface area contributed by atoms with E-state index in [4.69, 9.17) is 4.98 Å². The maximum atomic E-state index is 12.2. The van der Waals surface area contributed by atoms with Crippen molar-refractivity contribution in [1.82, 2.24) is 15.3 Å². The highest BCUT2D eigenvalue weighted by Gasteiger charge is 2.18. The molecular formula is C23H27N5O2. The summed E-state index contributed by atoms with van der Waals surface area (Å²) in [5.41, 5.74) is 7.95. The number of H-pyrrole nitrogens is 1. The lowest BCUT2D eigenvalue weighted by atomic mass is 9.97. The molecule has 0 atom stereocenters. The van der Waals surface area contributed by atoms with Crippen LogP contribution in [0, 0.1) is 13.8 Å². The third-order valence-electron chi connectivity index (χ3n) is 5.13. The minimum Gasteiger partial charge on any atom is -0.360 e.